The summed E-state index contributed by atoms with van der Waals surface area (Å²) in [6, 6.07) is 16.6. The maximum absolute atomic E-state index is 13.1. The highest BCUT2D eigenvalue weighted by Gasteiger charge is 2.30. The summed E-state index contributed by atoms with van der Waals surface area (Å²) in [5.41, 5.74) is 1.73. The fourth-order valence-electron chi connectivity index (χ4n) is 3.75. The van der Waals surface area contributed by atoms with E-state index in [0.717, 1.165) is 5.56 Å². The topological polar surface area (TPSA) is 107 Å². The van der Waals surface area contributed by atoms with E-state index in [1.54, 1.807) is 30.3 Å². The molecule has 0 radical (unpaired) electrons. The molecule has 2 atom stereocenters. The molecule has 0 unspecified atom stereocenters. The summed E-state index contributed by atoms with van der Waals surface area (Å²) in [7, 11) is 0. The lowest BCUT2D eigenvalue weighted by molar-refractivity contribution is -0.151. The molecular weight excluding hydrogens is 438 g/mol. The van der Waals surface area contributed by atoms with Crippen LogP contribution in [0.2, 0.25) is 0 Å². The summed E-state index contributed by atoms with van der Waals surface area (Å²) in [6.45, 7) is 0.950. The maximum Gasteiger partial charge on any atom is 0.286 e. The number of hydrogen-bond acceptors (Lipinski definition) is 7. The van der Waals surface area contributed by atoms with E-state index in [0.29, 0.717) is 29.5 Å². The fraction of sp³-hybridized carbons (Fsp3) is 0.308. The quantitative estimate of drug-likeness (QED) is 0.444. The highest BCUT2D eigenvalue weighted by atomic mass is 16.7. The average Bonchev–Trinajstić information content (AvgIpc) is 2.88. The van der Waals surface area contributed by atoms with Gasteiger partial charge in [-0.25, -0.2) is 0 Å². The zero-order chi connectivity index (χ0) is 23.8. The summed E-state index contributed by atoms with van der Waals surface area (Å²) < 4.78 is 22.5. The summed E-state index contributed by atoms with van der Waals surface area (Å²) in [4.78, 5) is 26.0. The van der Waals surface area contributed by atoms with Gasteiger partial charge in [0.05, 0.1) is 38.1 Å². The Morgan fingerprint density at radius 2 is 1.85 bits per heavy atom. The van der Waals surface area contributed by atoms with Crippen LogP contribution >= 0.6 is 0 Å². The number of aliphatic hydroxyl groups excluding tert-OH is 1. The lowest BCUT2D eigenvalue weighted by Crippen LogP contribution is -2.34. The van der Waals surface area contributed by atoms with E-state index in [2.05, 4.69) is 5.32 Å². The highest BCUT2D eigenvalue weighted by molar-refractivity contribution is 5.91. The molecule has 2 N–H and O–H groups in total. The van der Waals surface area contributed by atoms with Gasteiger partial charge in [-0.2, -0.15) is 0 Å². The second-order valence-corrected chi connectivity index (χ2v) is 7.81. The van der Waals surface area contributed by atoms with Crippen LogP contribution in [0.4, 0.5) is 0 Å². The van der Waals surface area contributed by atoms with Gasteiger partial charge in [0.2, 0.25) is 6.29 Å². The van der Waals surface area contributed by atoms with Crippen molar-refractivity contribution in [3.8, 4) is 0 Å². The molecule has 1 aliphatic heterocycles. The van der Waals surface area contributed by atoms with Crippen LogP contribution in [0.1, 0.15) is 23.5 Å². The number of rotatable bonds is 10. The molecule has 2 heterocycles. The minimum absolute atomic E-state index is 0.0752. The molecule has 4 rings (SSSR count). The first-order chi connectivity index (χ1) is 16.7. The Labute approximate surface area is 196 Å². The molecule has 1 amide bonds. The number of benzene rings is 2. The van der Waals surface area contributed by atoms with Gasteiger partial charge in [0.1, 0.15) is 5.58 Å². The van der Waals surface area contributed by atoms with E-state index >= 15 is 0 Å². The number of fused-ring (bicyclic) bond motifs is 1. The maximum atomic E-state index is 13.1. The number of hydrogen-bond donors (Lipinski definition) is 2. The van der Waals surface area contributed by atoms with Gasteiger partial charge in [-0.1, -0.05) is 42.5 Å². The van der Waals surface area contributed by atoms with Gasteiger partial charge in [-0.05, 0) is 23.8 Å². The number of amides is 1. The van der Waals surface area contributed by atoms with Crippen LogP contribution in [0.15, 0.2) is 81.9 Å². The Morgan fingerprint density at radius 3 is 2.68 bits per heavy atom. The van der Waals surface area contributed by atoms with Gasteiger partial charge in [0.15, 0.2) is 11.2 Å². The first-order valence-corrected chi connectivity index (χ1v) is 11.2. The third kappa shape index (κ3) is 5.91. The summed E-state index contributed by atoms with van der Waals surface area (Å²) in [6.07, 6.45) is 2.66. The van der Waals surface area contributed by atoms with Crippen LogP contribution in [0.5, 0.6) is 0 Å². The second kappa shape index (κ2) is 11.6. The number of aliphatic hydroxyl groups is 1. The summed E-state index contributed by atoms with van der Waals surface area (Å²) >= 11 is 0. The third-order valence-electron chi connectivity index (χ3n) is 5.45. The molecule has 0 spiro atoms. The molecule has 2 aromatic carbocycles. The number of ether oxygens (including phenoxy) is 3. The van der Waals surface area contributed by atoms with Crippen molar-refractivity contribution in [3.05, 3.63) is 94.0 Å². The predicted octanol–water partition coefficient (Wildman–Crippen LogP) is 2.85. The van der Waals surface area contributed by atoms with Gasteiger partial charge in [-0.15, -0.1) is 0 Å². The van der Waals surface area contributed by atoms with Crippen molar-refractivity contribution in [2.75, 3.05) is 26.4 Å². The van der Waals surface area contributed by atoms with Gasteiger partial charge in [-0.3, -0.25) is 9.59 Å². The van der Waals surface area contributed by atoms with Gasteiger partial charge in [0, 0.05) is 24.4 Å². The number of carbonyl (C=O) groups excluding carboxylic acids is 1. The Balaban J connectivity index is 1.54. The highest BCUT2D eigenvalue weighted by Crippen LogP contribution is 2.31. The first kappa shape index (κ1) is 23.7. The van der Waals surface area contributed by atoms with E-state index in [1.165, 1.54) is 6.26 Å². The predicted molar refractivity (Wildman–Crippen MR) is 125 cm³/mol. The molecular formula is C26H27NO7. The number of allylic oxidation sites excluding steroid dienone is 1. The molecule has 0 saturated heterocycles. The van der Waals surface area contributed by atoms with Crippen LogP contribution in [0, 0.1) is 0 Å². The molecule has 1 aromatic heterocycles. The van der Waals surface area contributed by atoms with E-state index < -0.39 is 18.1 Å². The lowest BCUT2D eigenvalue weighted by atomic mass is 9.93. The molecule has 0 saturated carbocycles. The van der Waals surface area contributed by atoms with Crippen molar-refractivity contribution < 1.29 is 28.5 Å². The van der Waals surface area contributed by atoms with E-state index in [9.17, 15) is 9.59 Å². The minimum atomic E-state index is -0.754. The Morgan fingerprint density at radius 1 is 1.06 bits per heavy atom. The standard InChI is InChI=1S/C26H27NO7/c28-10-11-31-12-13-32-24-15-19(21-17-33-22-9-5-4-8-20(22)25(21)29)14-23(34-24)26(30)27-16-18-6-2-1-3-7-18/h1-9,14,17,19,24,28H,10-13,15-16H2,(H,27,30)/t19-,24+/m1/s1. The Bertz CT molecular complexity index is 1190. The van der Waals surface area contributed by atoms with E-state index in [4.69, 9.17) is 23.7 Å². The zero-order valence-electron chi connectivity index (χ0n) is 18.6. The molecule has 8 heteroatoms. The van der Waals surface area contributed by atoms with Gasteiger partial charge >= 0.3 is 0 Å². The van der Waals surface area contributed by atoms with Crippen molar-refractivity contribution in [3.63, 3.8) is 0 Å². The van der Waals surface area contributed by atoms with Crippen LogP contribution in [-0.2, 0) is 25.5 Å². The first-order valence-electron chi connectivity index (χ1n) is 11.2. The summed E-state index contributed by atoms with van der Waals surface area (Å²) in [5, 5.41) is 12.1. The molecule has 8 nitrogen and oxygen atoms in total. The SMILES string of the molecule is O=C(NCc1ccccc1)C1=C[C@@H](c2coc3ccccc3c2=O)C[C@@H](OCCOCCO)O1. The number of nitrogens with one attached hydrogen (secondary N) is 1. The van der Waals surface area contributed by atoms with Crippen LogP contribution in [0.3, 0.4) is 0 Å². The molecule has 0 fully saturated rings. The van der Waals surface area contributed by atoms with E-state index in [1.807, 2.05) is 30.3 Å². The normalized spacial score (nSPS) is 17.7. The average molecular weight is 466 g/mol. The third-order valence-corrected chi connectivity index (χ3v) is 5.45. The molecule has 0 aliphatic carbocycles. The largest absolute Gasteiger partial charge is 0.464 e. The number of carbonyl (C=O) groups is 1. The van der Waals surface area contributed by atoms with Crippen molar-refractivity contribution in [1.82, 2.24) is 5.32 Å². The Kier molecular flexibility index (Phi) is 8.08. The zero-order valence-corrected chi connectivity index (χ0v) is 18.6. The van der Waals surface area contributed by atoms with Crippen LogP contribution < -0.4 is 10.7 Å². The van der Waals surface area contributed by atoms with Crippen molar-refractivity contribution in [2.24, 2.45) is 0 Å². The fourth-order valence-corrected chi connectivity index (χ4v) is 3.75. The number of para-hydroxylation sites is 1. The Hall–Kier alpha value is -3.46. The minimum Gasteiger partial charge on any atom is -0.464 e. The van der Waals surface area contributed by atoms with Crippen LogP contribution in [0.25, 0.3) is 11.0 Å². The molecule has 178 valence electrons. The molecule has 1 aliphatic rings. The summed E-state index contributed by atoms with van der Waals surface area (Å²) in [5.74, 6) is -0.750. The molecule has 34 heavy (non-hydrogen) atoms. The van der Waals surface area contributed by atoms with Crippen molar-refractivity contribution in [2.45, 2.75) is 25.2 Å². The van der Waals surface area contributed by atoms with Gasteiger partial charge in [0.25, 0.3) is 5.91 Å². The molecule has 3 aromatic rings. The molecule has 0 bridgehead atoms. The van der Waals surface area contributed by atoms with Crippen molar-refractivity contribution >= 4 is 16.9 Å². The van der Waals surface area contributed by atoms with Gasteiger partial charge < -0.3 is 29.1 Å². The lowest BCUT2D eigenvalue weighted by Gasteiger charge is -2.29. The van der Waals surface area contributed by atoms with E-state index in [-0.39, 0.29) is 37.6 Å². The van der Waals surface area contributed by atoms with Crippen molar-refractivity contribution in [1.29, 1.82) is 0 Å². The second-order valence-electron chi connectivity index (χ2n) is 7.81. The monoisotopic (exact) mass is 465 g/mol. The smallest absolute Gasteiger partial charge is 0.286 e. The van der Waals surface area contributed by atoms with Crippen LogP contribution in [-0.4, -0.2) is 43.7 Å².